The summed E-state index contributed by atoms with van der Waals surface area (Å²) in [4.78, 5) is 26.7. The molecule has 0 saturated carbocycles. The Balaban J connectivity index is 1.81. The van der Waals surface area contributed by atoms with Crippen molar-refractivity contribution < 1.29 is 9.59 Å². The van der Waals surface area contributed by atoms with Crippen LogP contribution in [0.5, 0.6) is 0 Å². The molecule has 1 N–H and O–H groups in total. The minimum Gasteiger partial charge on any atom is -0.336 e. The van der Waals surface area contributed by atoms with Crippen LogP contribution in [0.15, 0.2) is 23.3 Å². The van der Waals surface area contributed by atoms with Gasteiger partial charge in [0.25, 0.3) is 11.8 Å². The van der Waals surface area contributed by atoms with Crippen LogP contribution in [-0.2, 0) is 9.59 Å². The number of anilines is 1. The van der Waals surface area contributed by atoms with E-state index in [0.717, 1.165) is 36.3 Å². The first-order chi connectivity index (χ1) is 11.1. The second-order valence-corrected chi connectivity index (χ2v) is 6.11. The average Bonchev–Trinajstić information content (AvgIpc) is 2.74. The van der Waals surface area contributed by atoms with Crippen molar-refractivity contribution in [2.75, 3.05) is 31.2 Å². The van der Waals surface area contributed by atoms with Gasteiger partial charge in [0.15, 0.2) is 0 Å². The van der Waals surface area contributed by atoms with Crippen molar-refractivity contribution in [2.45, 2.75) is 26.7 Å². The zero-order valence-corrected chi connectivity index (χ0v) is 13.6. The summed E-state index contributed by atoms with van der Waals surface area (Å²) < 4.78 is 0. The van der Waals surface area contributed by atoms with Gasteiger partial charge in [0.1, 0.15) is 5.71 Å². The van der Waals surface area contributed by atoms with E-state index in [-0.39, 0.29) is 18.2 Å². The number of carbonyl (C=O) groups excluding carboxylic acids is 2. The summed E-state index contributed by atoms with van der Waals surface area (Å²) in [5.74, 6) is -0.262. The molecule has 0 aliphatic carbocycles. The molecule has 2 heterocycles. The fourth-order valence-corrected chi connectivity index (χ4v) is 3.01. The van der Waals surface area contributed by atoms with Gasteiger partial charge in [-0.3, -0.25) is 9.59 Å². The molecule has 1 fully saturated rings. The molecule has 0 unspecified atom stereocenters. The van der Waals surface area contributed by atoms with Crippen molar-refractivity contribution >= 4 is 23.2 Å². The van der Waals surface area contributed by atoms with E-state index >= 15 is 0 Å². The SMILES string of the molecule is Cc1ccc(N2N=C(C(=O)N3CCCNCC3)CC2=O)c(C)c1. The first kappa shape index (κ1) is 15.7. The number of aryl methyl sites for hydroxylation is 2. The van der Waals surface area contributed by atoms with Gasteiger partial charge in [0.2, 0.25) is 0 Å². The highest BCUT2D eigenvalue weighted by molar-refractivity contribution is 6.44. The molecule has 0 spiro atoms. The molecule has 6 heteroatoms. The molecule has 0 radical (unpaired) electrons. The Morgan fingerprint density at radius 3 is 2.83 bits per heavy atom. The van der Waals surface area contributed by atoms with Gasteiger partial charge in [0, 0.05) is 19.6 Å². The number of amides is 2. The zero-order chi connectivity index (χ0) is 16.4. The van der Waals surface area contributed by atoms with E-state index in [1.807, 2.05) is 32.0 Å². The van der Waals surface area contributed by atoms with Gasteiger partial charge in [-0.05, 0) is 38.4 Å². The van der Waals surface area contributed by atoms with Gasteiger partial charge in [-0.15, -0.1) is 0 Å². The Morgan fingerprint density at radius 1 is 1.22 bits per heavy atom. The van der Waals surface area contributed by atoms with Crippen molar-refractivity contribution in [3.63, 3.8) is 0 Å². The lowest BCUT2D eigenvalue weighted by Gasteiger charge is -2.19. The summed E-state index contributed by atoms with van der Waals surface area (Å²) in [6.07, 6.45) is 1.00. The summed E-state index contributed by atoms with van der Waals surface area (Å²) in [5.41, 5.74) is 3.21. The molecule has 6 nitrogen and oxygen atoms in total. The molecule has 3 rings (SSSR count). The lowest BCUT2D eigenvalue weighted by Crippen LogP contribution is -2.38. The maximum atomic E-state index is 12.6. The Kier molecular flexibility index (Phi) is 4.43. The Morgan fingerprint density at radius 2 is 2.04 bits per heavy atom. The average molecular weight is 314 g/mol. The van der Waals surface area contributed by atoms with Crippen LogP contribution in [0.1, 0.15) is 24.0 Å². The minimum absolute atomic E-state index is 0.0794. The molecular weight excluding hydrogens is 292 g/mol. The molecule has 2 aliphatic heterocycles. The van der Waals surface area contributed by atoms with Crippen molar-refractivity contribution in [2.24, 2.45) is 5.10 Å². The van der Waals surface area contributed by atoms with E-state index in [2.05, 4.69) is 10.4 Å². The first-order valence-electron chi connectivity index (χ1n) is 8.04. The van der Waals surface area contributed by atoms with Crippen LogP contribution in [0.3, 0.4) is 0 Å². The van der Waals surface area contributed by atoms with Crippen molar-refractivity contribution in [1.29, 1.82) is 0 Å². The molecule has 0 bridgehead atoms. The largest absolute Gasteiger partial charge is 0.336 e. The summed E-state index contributed by atoms with van der Waals surface area (Å²) in [7, 11) is 0. The van der Waals surface area contributed by atoms with Crippen LogP contribution in [0, 0.1) is 13.8 Å². The van der Waals surface area contributed by atoms with Crippen molar-refractivity contribution in [3.05, 3.63) is 29.3 Å². The second kappa shape index (κ2) is 6.50. The number of hydrogen-bond acceptors (Lipinski definition) is 4. The molecular formula is C17H22N4O2. The number of rotatable bonds is 2. The maximum absolute atomic E-state index is 12.6. The molecule has 0 atom stereocenters. The number of carbonyl (C=O) groups is 2. The lowest BCUT2D eigenvalue weighted by atomic mass is 10.1. The normalized spacial score (nSPS) is 18.9. The fraction of sp³-hybridized carbons (Fsp3) is 0.471. The van der Waals surface area contributed by atoms with Gasteiger partial charge in [-0.1, -0.05) is 17.7 Å². The molecule has 1 aromatic rings. The molecule has 1 aromatic carbocycles. The Hall–Kier alpha value is -2.21. The smallest absolute Gasteiger partial charge is 0.270 e. The van der Waals surface area contributed by atoms with Gasteiger partial charge in [-0.2, -0.15) is 10.1 Å². The van der Waals surface area contributed by atoms with E-state index in [9.17, 15) is 9.59 Å². The van der Waals surface area contributed by atoms with E-state index in [4.69, 9.17) is 0 Å². The Bertz CT molecular complexity index is 661. The maximum Gasteiger partial charge on any atom is 0.270 e. The van der Waals surface area contributed by atoms with E-state index in [1.165, 1.54) is 5.01 Å². The monoisotopic (exact) mass is 314 g/mol. The van der Waals surface area contributed by atoms with Crippen LogP contribution in [0.4, 0.5) is 5.69 Å². The summed E-state index contributed by atoms with van der Waals surface area (Å²) in [6, 6.07) is 5.85. The van der Waals surface area contributed by atoms with Gasteiger partial charge < -0.3 is 10.2 Å². The highest BCUT2D eigenvalue weighted by Gasteiger charge is 2.32. The van der Waals surface area contributed by atoms with Crippen LogP contribution in [-0.4, -0.2) is 48.6 Å². The molecule has 1 saturated heterocycles. The molecule has 23 heavy (non-hydrogen) atoms. The third kappa shape index (κ3) is 3.27. The van der Waals surface area contributed by atoms with E-state index < -0.39 is 0 Å². The number of hydrogen-bond donors (Lipinski definition) is 1. The van der Waals surface area contributed by atoms with Crippen LogP contribution in [0.25, 0.3) is 0 Å². The van der Waals surface area contributed by atoms with Gasteiger partial charge in [-0.25, -0.2) is 0 Å². The van der Waals surface area contributed by atoms with E-state index in [0.29, 0.717) is 18.8 Å². The fourth-order valence-electron chi connectivity index (χ4n) is 3.01. The zero-order valence-electron chi connectivity index (χ0n) is 13.6. The predicted octanol–water partition coefficient (Wildman–Crippen LogP) is 1.22. The standard InChI is InChI=1S/C17H22N4O2/c1-12-4-5-15(13(2)10-12)21-16(22)11-14(19-21)17(23)20-8-3-6-18-7-9-20/h4-5,10,18H,3,6-9,11H2,1-2H3. The van der Waals surface area contributed by atoms with E-state index in [1.54, 1.807) is 4.90 Å². The number of nitrogens with one attached hydrogen (secondary N) is 1. The molecule has 2 amide bonds. The van der Waals surface area contributed by atoms with Crippen LogP contribution >= 0.6 is 0 Å². The number of hydrazone groups is 1. The summed E-state index contributed by atoms with van der Waals surface area (Å²) in [5, 5.41) is 8.97. The molecule has 0 aromatic heterocycles. The summed E-state index contributed by atoms with van der Waals surface area (Å²) >= 11 is 0. The minimum atomic E-state index is -0.145. The van der Waals surface area contributed by atoms with Crippen molar-refractivity contribution in [3.8, 4) is 0 Å². The van der Waals surface area contributed by atoms with Gasteiger partial charge >= 0.3 is 0 Å². The predicted molar refractivity (Wildman–Crippen MR) is 89.5 cm³/mol. The quantitative estimate of drug-likeness (QED) is 0.892. The highest BCUT2D eigenvalue weighted by Crippen LogP contribution is 2.25. The third-order valence-corrected chi connectivity index (χ3v) is 4.23. The Labute approximate surface area is 136 Å². The topological polar surface area (TPSA) is 65.0 Å². The lowest BCUT2D eigenvalue weighted by molar-refractivity contribution is -0.124. The molecule has 2 aliphatic rings. The number of nitrogens with zero attached hydrogens (tertiary/aromatic N) is 3. The third-order valence-electron chi connectivity index (χ3n) is 4.23. The first-order valence-corrected chi connectivity index (χ1v) is 8.04. The second-order valence-electron chi connectivity index (χ2n) is 6.11. The van der Waals surface area contributed by atoms with Crippen LogP contribution in [0.2, 0.25) is 0 Å². The van der Waals surface area contributed by atoms with Gasteiger partial charge in [0.05, 0.1) is 12.1 Å². The number of benzene rings is 1. The van der Waals surface area contributed by atoms with Crippen molar-refractivity contribution in [1.82, 2.24) is 10.2 Å². The highest BCUT2D eigenvalue weighted by atomic mass is 16.2. The molecule has 122 valence electrons. The van der Waals surface area contributed by atoms with Crippen LogP contribution < -0.4 is 10.3 Å². The summed E-state index contributed by atoms with van der Waals surface area (Å²) in [6.45, 7) is 7.04.